The highest BCUT2D eigenvalue weighted by molar-refractivity contribution is 5.98. The zero-order chi connectivity index (χ0) is 30.3. The molecule has 1 aromatic heterocycles. The average Bonchev–Trinajstić information content (AvgIpc) is 3.51. The molecule has 1 atom stereocenters. The van der Waals surface area contributed by atoms with Crippen LogP contribution < -0.4 is 16.4 Å². The number of ether oxygens (including phenoxy) is 1. The number of alkyl carbamates (subject to hydrolysis) is 1. The maximum atomic E-state index is 13.2. The van der Waals surface area contributed by atoms with Crippen molar-refractivity contribution in [3.05, 3.63) is 125 Å². The van der Waals surface area contributed by atoms with Gasteiger partial charge in [0.05, 0.1) is 12.5 Å². The first-order valence-corrected chi connectivity index (χ1v) is 14.1. The molecule has 0 saturated heterocycles. The number of Topliss-reactive ketones (excluding diaryl/α,β-unsaturated/α-hetero) is 1. The fourth-order valence-corrected chi connectivity index (χ4v) is 4.21. The van der Waals surface area contributed by atoms with Gasteiger partial charge in [0.15, 0.2) is 0 Å². The van der Waals surface area contributed by atoms with Crippen LogP contribution in [0.2, 0.25) is 0 Å². The summed E-state index contributed by atoms with van der Waals surface area (Å²) < 4.78 is 10.6. The molecule has 2 amide bonds. The first-order chi connectivity index (χ1) is 21.0. The summed E-state index contributed by atoms with van der Waals surface area (Å²) >= 11 is 0. The zero-order valence-corrected chi connectivity index (χ0v) is 25.0. The first-order valence-electron chi connectivity index (χ1n) is 14.1. The van der Waals surface area contributed by atoms with E-state index in [4.69, 9.17) is 15.0 Å². The van der Waals surface area contributed by atoms with Gasteiger partial charge in [-0.25, -0.2) is 4.79 Å². The average molecular weight is 618 g/mol. The van der Waals surface area contributed by atoms with E-state index in [-0.39, 0.29) is 43.1 Å². The lowest BCUT2D eigenvalue weighted by Gasteiger charge is -2.16. The molecule has 4 aromatic rings. The Balaban J connectivity index is 0.00000529. The van der Waals surface area contributed by atoms with Gasteiger partial charge < -0.3 is 25.6 Å². The van der Waals surface area contributed by atoms with E-state index in [0.29, 0.717) is 37.9 Å². The number of unbranched alkanes of at least 4 members (excludes halogenated alkanes) is 1. The SMILES string of the molecule is Cl.NCCCCC(NC(=O)OCc1ccccc1)C(=O)c1noc(Cc2ccc(C(=O)NCC=Cc3ccccc3)cc2)n1. The Labute approximate surface area is 262 Å². The van der Waals surface area contributed by atoms with Gasteiger partial charge in [-0.05, 0) is 54.6 Å². The molecule has 0 aliphatic heterocycles. The van der Waals surface area contributed by atoms with Gasteiger partial charge in [0, 0.05) is 12.1 Å². The summed E-state index contributed by atoms with van der Waals surface area (Å²) in [4.78, 5) is 42.4. The summed E-state index contributed by atoms with van der Waals surface area (Å²) in [5, 5.41) is 9.34. The molecule has 0 saturated carbocycles. The number of halogens is 1. The Hall–Kier alpha value is -4.80. The van der Waals surface area contributed by atoms with E-state index >= 15 is 0 Å². The minimum Gasteiger partial charge on any atom is -0.445 e. The molecule has 1 heterocycles. The number of nitrogens with one attached hydrogen (secondary N) is 2. The van der Waals surface area contributed by atoms with Gasteiger partial charge in [-0.15, -0.1) is 12.4 Å². The predicted molar refractivity (Wildman–Crippen MR) is 169 cm³/mol. The van der Waals surface area contributed by atoms with Crippen molar-refractivity contribution < 1.29 is 23.6 Å². The number of nitrogens with zero attached hydrogens (tertiary/aromatic N) is 2. The Kier molecular flexibility index (Phi) is 13.8. The number of ketones is 1. The van der Waals surface area contributed by atoms with Gasteiger partial charge in [0.2, 0.25) is 17.5 Å². The number of hydrogen-bond donors (Lipinski definition) is 3. The standard InChI is InChI=1S/C33H35N5O5.ClH/c34-20-8-7-15-28(36-33(41)42-23-26-12-5-2-6-13-26)30(39)31-37-29(43-38-31)22-25-16-18-27(19-17-25)32(40)35-21-9-14-24-10-3-1-4-11-24;/h1-6,9-14,16-19,28H,7-8,15,20-23,34H2,(H,35,40)(H,36,41);1H. The predicted octanol–water partition coefficient (Wildman–Crippen LogP) is 5.13. The van der Waals surface area contributed by atoms with Crippen molar-refractivity contribution in [2.75, 3.05) is 13.1 Å². The summed E-state index contributed by atoms with van der Waals surface area (Å²) in [6, 6.07) is 25.2. The number of amides is 2. The molecule has 0 aliphatic rings. The highest BCUT2D eigenvalue weighted by atomic mass is 35.5. The molecule has 4 N–H and O–H groups in total. The molecule has 0 bridgehead atoms. The van der Waals surface area contributed by atoms with Crippen LogP contribution in [0.3, 0.4) is 0 Å². The summed E-state index contributed by atoms with van der Waals surface area (Å²) in [7, 11) is 0. The molecule has 230 valence electrons. The summed E-state index contributed by atoms with van der Waals surface area (Å²) in [5.41, 5.74) is 8.84. The fraction of sp³-hybridized carbons (Fsp3) is 0.242. The van der Waals surface area contributed by atoms with E-state index in [1.165, 1.54) is 0 Å². The molecular formula is C33H36ClN5O5. The van der Waals surface area contributed by atoms with E-state index in [1.807, 2.05) is 72.8 Å². The van der Waals surface area contributed by atoms with Gasteiger partial charge in [-0.2, -0.15) is 4.98 Å². The Morgan fingerprint density at radius 3 is 2.32 bits per heavy atom. The van der Waals surface area contributed by atoms with Crippen molar-refractivity contribution in [2.24, 2.45) is 5.73 Å². The molecule has 0 radical (unpaired) electrons. The number of hydrogen-bond acceptors (Lipinski definition) is 8. The van der Waals surface area contributed by atoms with Crippen molar-refractivity contribution in [3.63, 3.8) is 0 Å². The lowest BCUT2D eigenvalue weighted by molar-refractivity contribution is 0.0896. The van der Waals surface area contributed by atoms with Gasteiger partial charge in [-0.1, -0.05) is 90.1 Å². The third-order valence-electron chi connectivity index (χ3n) is 6.52. The number of nitrogens with two attached hydrogens (primary N) is 1. The highest BCUT2D eigenvalue weighted by Gasteiger charge is 2.27. The van der Waals surface area contributed by atoms with E-state index in [0.717, 1.165) is 16.7 Å². The van der Waals surface area contributed by atoms with Crippen LogP contribution in [0, 0.1) is 0 Å². The van der Waals surface area contributed by atoms with Crippen LogP contribution in [-0.2, 0) is 17.8 Å². The number of carbonyl (C=O) groups excluding carboxylic acids is 3. The summed E-state index contributed by atoms with van der Waals surface area (Å²) in [6.45, 7) is 0.951. The van der Waals surface area contributed by atoms with E-state index in [1.54, 1.807) is 24.3 Å². The summed E-state index contributed by atoms with van der Waals surface area (Å²) in [6.07, 6.45) is 5.07. The van der Waals surface area contributed by atoms with Crippen LogP contribution in [0.25, 0.3) is 6.08 Å². The van der Waals surface area contributed by atoms with Crippen molar-refractivity contribution in [2.45, 2.75) is 38.3 Å². The molecule has 0 aliphatic carbocycles. The van der Waals surface area contributed by atoms with Crippen molar-refractivity contribution in [1.29, 1.82) is 0 Å². The van der Waals surface area contributed by atoms with E-state index in [2.05, 4.69) is 20.8 Å². The van der Waals surface area contributed by atoms with Crippen LogP contribution in [0.15, 0.2) is 95.5 Å². The van der Waals surface area contributed by atoms with Crippen LogP contribution in [-0.4, -0.2) is 47.1 Å². The second-order valence-corrected chi connectivity index (χ2v) is 9.82. The van der Waals surface area contributed by atoms with Crippen LogP contribution in [0.1, 0.15) is 62.8 Å². The molecule has 10 nitrogen and oxygen atoms in total. The summed E-state index contributed by atoms with van der Waals surface area (Å²) in [5.74, 6) is -0.558. The molecular weight excluding hydrogens is 582 g/mol. The fourth-order valence-electron chi connectivity index (χ4n) is 4.21. The molecule has 0 fully saturated rings. The van der Waals surface area contributed by atoms with Gasteiger partial charge in [-0.3, -0.25) is 9.59 Å². The number of rotatable bonds is 15. The first kappa shape index (κ1) is 33.7. The van der Waals surface area contributed by atoms with Gasteiger partial charge in [0.25, 0.3) is 5.91 Å². The smallest absolute Gasteiger partial charge is 0.408 e. The second kappa shape index (κ2) is 18.0. The molecule has 44 heavy (non-hydrogen) atoms. The van der Waals surface area contributed by atoms with Crippen molar-refractivity contribution >= 4 is 36.3 Å². The zero-order valence-electron chi connectivity index (χ0n) is 24.2. The largest absolute Gasteiger partial charge is 0.445 e. The third kappa shape index (κ3) is 10.8. The quantitative estimate of drug-likeness (QED) is 0.123. The number of carbonyl (C=O) groups is 3. The maximum absolute atomic E-state index is 13.2. The molecule has 4 rings (SSSR count). The lowest BCUT2D eigenvalue weighted by Crippen LogP contribution is -2.41. The van der Waals surface area contributed by atoms with Crippen molar-refractivity contribution in [1.82, 2.24) is 20.8 Å². The molecule has 3 aromatic carbocycles. The highest BCUT2D eigenvalue weighted by Crippen LogP contribution is 2.13. The lowest BCUT2D eigenvalue weighted by atomic mass is 10.0. The van der Waals surface area contributed by atoms with Crippen LogP contribution in [0.5, 0.6) is 0 Å². The minimum atomic E-state index is -0.888. The van der Waals surface area contributed by atoms with E-state index < -0.39 is 17.9 Å². The number of benzene rings is 3. The monoisotopic (exact) mass is 617 g/mol. The third-order valence-corrected chi connectivity index (χ3v) is 6.52. The van der Waals surface area contributed by atoms with Crippen LogP contribution >= 0.6 is 12.4 Å². The molecule has 1 unspecified atom stereocenters. The number of aromatic nitrogens is 2. The Morgan fingerprint density at radius 2 is 1.61 bits per heavy atom. The normalized spacial score (nSPS) is 11.4. The Bertz CT molecular complexity index is 1490. The molecule has 0 spiro atoms. The van der Waals surface area contributed by atoms with E-state index in [9.17, 15) is 14.4 Å². The second-order valence-electron chi connectivity index (χ2n) is 9.82. The Morgan fingerprint density at radius 1 is 0.909 bits per heavy atom. The van der Waals surface area contributed by atoms with Crippen LogP contribution in [0.4, 0.5) is 4.79 Å². The maximum Gasteiger partial charge on any atom is 0.408 e. The minimum absolute atomic E-state index is 0. The molecule has 11 heteroatoms. The van der Waals surface area contributed by atoms with Gasteiger partial charge in [0.1, 0.15) is 6.61 Å². The van der Waals surface area contributed by atoms with Crippen molar-refractivity contribution in [3.8, 4) is 0 Å². The van der Waals surface area contributed by atoms with Gasteiger partial charge >= 0.3 is 6.09 Å². The topological polar surface area (TPSA) is 149 Å².